The fourth-order valence-corrected chi connectivity index (χ4v) is 3.54. The zero-order valence-electron chi connectivity index (χ0n) is 13.6. The molecule has 122 valence electrons. The van der Waals surface area contributed by atoms with Crippen LogP contribution in [-0.2, 0) is 5.60 Å². The van der Waals surface area contributed by atoms with Gasteiger partial charge in [0.1, 0.15) is 5.60 Å². The van der Waals surface area contributed by atoms with E-state index in [4.69, 9.17) is 0 Å². The van der Waals surface area contributed by atoms with Gasteiger partial charge in [-0.05, 0) is 29.7 Å². The minimum atomic E-state index is -0.921. The van der Waals surface area contributed by atoms with Gasteiger partial charge in [0.15, 0.2) is 0 Å². The number of hydrogen-bond acceptors (Lipinski definition) is 3. The van der Waals surface area contributed by atoms with Crippen molar-refractivity contribution in [3.05, 3.63) is 35.4 Å². The monoisotopic (exact) mass is 322 g/mol. The molecule has 1 aromatic carbocycles. The van der Waals surface area contributed by atoms with E-state index >= 15 is 0 Å². The first-order chi connectivity index (χ1) is 10.4. The predicted molar refractivity (Wildman–Crippen MR) is 92.3 cm³/mol. The molecule has 0 aromatic heterocycles. The lowest BCUT2D eigenvalue weighted by molar-refractivity contribution is 0.0488. The van der Waals surface area contributed by atoms with Crippen LogP contribution in [0.15, 0.2) is 24.3 Å². The van der Waals surface area contributed by atoms with Gasteiger partial charge in [-0.3, -0.25) is 0 Å². The molecule has 0 radical (unpaired) electrons. The van der Waals surface area contributed by atoms with Crippen LogP contribution in [0.4, 0.5) is 4.79 Å². The van der Waals surface area contributed by atoms with Crippen molar-refractivity contribution in [1.29, 1.82) is 0 Å². The van der Waals surface area contributed by atoms with Crippen LogP contribution in [0.1, 0.15) is 31.4 Å². The fourth-order valence-electron chi connectivity index (χ4n) is 2.85. The average Bonchev–Trinajstić information content (AvgIpc) is 2.87. The molecule has 0 aliphatic carbocycles. The van der Waals surface area contributed by atoms with Crippen molar-refractivity contribution in [2.24, 2.45) is 0 Å². The number of benzene rings is 1. The summed E-state index contributed by atoms with van der Waals surface area (Å²) in [5.41, 5.74) is 1.08. The first-order valence-corrected chi connectivity index (χ1v) is 8.90. The highest BCUT2D eigenvalue weighted by atomic mass is 32.2. The molecule has 1 atom stereocenters. The third-order valence-corrected chi connectivity index (χ3v) is 5.12. The second kappa shape index (κ2) is 7.38. The number of likely N-dealkylation sites (tertiary alicyclic amines) is 1. The van der Waals surface area contributed by atoms with E-state index in [0.717, 1.165) is 16.9 Å². The predicted octanol–water partition coefficient (Wildman–Crippen LogP) is 2.74. The van der Waals surface area contributed by atoms with Crippen molar-refractivity contribution in [2.75, 3.05) is 25.4 Å². The number of aryl methyl sites for hydroxylation is 1. The third-order valence-electron chi connectivity index (χ3n) is 4.01. The van der Waals surface area contributed by atoms with Crippen LogP contribution in [0.5, 0.6) is 0 Å². The molecule has 1 fully saturated rings. The number of urea groups is 1. The molecule has 0 saturated carbocycles. The van der Waals surface area contributed by atoms with Crippen LogP contribution in [0.25, 0.3) is 0 Å². The molecule has 1 heterocycles. The second-order valence-corrected chi connectivity index (χ2v) is 7.85. The van der Waals surface area contributed by atoms with Gasteiger partial charge in [0, 0.05) is 18.8 Å². The molecule has 2 N–H and O–H groups in total. The summed E-state index contributed by atoms with van der Waals surface area (Å²) in [6, 6.07) is 7.78. The zero-order chi connectivity index (χ0) is 16.2. The van der Waals surface area contributed by atoms with Crippen LogP contribution >= 0.6 is 11.8 Å². The highest BCUT2D eigenvalue weighted by Gasteiger charge is 2.40. The Kier molecular flexibility index (Phi) is 5.75. The van der Waals surface area contributed by atoms with Crippen molar-refractivity contribution in [3.8, 4) is 0 Å². The standard InChI is InChI=1S/C17H26N2O2S/c1-13(2)22-11-9-18-16(20)19-10-8-17(21,12-19)15-7-5-4-6-14(15)3/h4-7,13,21H,8-12H2,1-3H3,(H,18,20). The first-order valence-electron chi connectivity index (χ1n) is 7.85. The first kappa shape index (κ1) is 17.2. The number of aliphatic hydroxyl groups is 1. The zero-order valence-corrected chi connectivity index (χ0v) is 14.4. The molecule has 5 heteroatoms. The molecule has 0 spiro atoms. The molecule has 4 nitrogen and oxygen atoms in total. The maximum absolute atomic E-state index is 12.2. The summed E-state index contributed by atoms with van der Waals surface area (Å²) in [7, 11) is 0. The van der Waals surface area contributed by atoms with Crippen molar-refractivity contribution < 1.29 is 9.90 Å². The number of carbonyl (C=O) groups is 1. The number of β-amino-alcohol motifs (C(OH)–C–C–N with tert-alkyl or cyclic N) is 1. The maximum atomic E-state index is 12.2. The van der Waals surface area contributed by atoms with E-state index in [0.29, 0.717) is 31.3 Å². The van der Waals surface area contributed by atoms with Crippen LogP contribution in [-0.4, -0.2) is 46.7 Å². The molecule has 2 rings (SSSR count). The third kappa shape index (κ3) is 4.17. The summed E-state index contributed by atoms with van der Waals surface area (Å²) in [5, 5.41) is 14.4. The quantitative estimate of drug-likeness (QED) is 0.820. The molecule has 1 aliphatic rings. The Balaban J connectivity index is 1.89. The molecule has 1 saturated heterocycles. The number of nitrogens with zero attached hydrogens (tertiary/aromatic N) is 1. The van der Waals surface area contributed by atoms with Gasteiger partial charge < -0.3 is 15.3 Å². The van der Waals surface area contributed by atoms with Gasteiger partial charge in [-0.25, -0.2) is 4.79 Å². The van der Waals surface area contributed by atoms with E-state index in [-0.39, 0.29) is 6.03 Å². The summed E-state index contributed by atoms with van der Waals surface area (Å²) in [5.74, 6) is 0.916. The SMILES string of the molecule is Cc1ccccc1C1(O)CCN(C(=O)NCCSC(C)C)C1. The number of amides is 2. The summed E-state index contributed by atoms with van der Waals surface area (Å²) in [6.45, 7) is 7.92. The minimum Gasteiger partial charge on any atom is -0.383 e. The summed E-state index contributed by atoms with van der Waals surface area (Å²) in [6.07, 6.45) is 0.589. The number of rotatable bonds is 5. The van der Waals surface area contributed by atoms with Gasteiger partial charge in [-0.1, -0.05) is 38.1 Å². The number of nitrogens with one attached hydrogen (secondary N) is 1. The Hall–Kier alpha value is -1.20. The van der Waals surface area contributed by atoms with Crippen molar-refractivity contribution >= 4 is 17.8 Å². The fraction of sp³-hybridized carbons (Fsp3) is 0.588. The number of thioether (sulfide) groups is 1. The van der Waals surface area contributed by atoms with E-state index in [9.17, 15) is 9.90 Å². The smallest absolute Gasteiger partial charge is 0.317 e. The lowest BCUT2D eigenvalue weighted by atomic mass is 9.89. The molecule has 1 unspecified atom stereocenters. The van der Waals surface area contributed by atoms with E-state index < -0.39 is 5.60 Å². The normalized spacial score (nSPS) is 21.4. The maximum Gasteiger partial charge on any atom is 0.317 e. The van der Waals surface area contributed by atoms with Gasteiger partial charge in [0.05, 0.1) is 6.54 Å². The van der Waals surface area contributed by atoms with Crippen LogP contribution in [0.3, 0.4) is 0 Å². The van der Waals surface area contributed by atoms with Crippen molar-refractivity contribution in [3.63, 3.8) is 0 Å². The Morgan fingerprint density at radius 1 is 1.45 bits per heavy atom. The lowest BCUT2D eigenvalue weighted by Gasteiger charge is -2.25. The highest BCUT2D eigenvalue weighted by Crippen LogP contribution is 2.33. The topological polar surface area (TPSA) is 52.6 Å². The van der Waals surface area contributed by atoms with Gasteiger partial charge in [0.25, 0.3) is 0 Å². The summed E-state index contributed by atoms with van der Waals surface area (Å²) in [4.78, 5) is 13.9. The van der Waals surface area contributed by atoms with Gasteiger partial charge in [-0.15, -0.1) is 0 Å². The van der Waals surface area contributed by atoms with E-state index in [2.05, 4.69) is 19.2 Å². The molecule has 1 aromatic rings. The van der Waals surface area contributed by atoms with Gasteiger partial charge in [0.2, 0.25) is 0 Å². The molecule has 1 aliphatic heterocycles. The highest BCUT2D eigenvalue weighted by molar-refractivity contribution is 7.99. The minimum absolute atomic E-state index is 0.0751. The van der Waals surface area contributed by atoms with Gasteiger partial charge >= 0.3 is 6.03 Å². The van der Waals surface area contributed by atoms with Crippen LogP contribution in [0, 0.1) is 6.92 Å². The average molecular weight is 322 g/mol. The summed E-state index contributed by atoms with van der Waals surface area (Å²) < 4.78 is 0. The Labute approximate surface area is 137 Å². The number of hydrogen-bond donors (Lipinski definition) is 2. The Bertz CT molecular complexity index is 521. The molecular formula is C17H26N2O2S. The largest absolute Gasteiger partial charge is 0.383 e. The molecule has 2 amide bonds. The Morgan fingerprint density at radius 2 is 2.18 bits per heavy atom. The molecule has 0 bridgehead atoms. The second-order valence-electron chi connectivity index (χ2n) is 6.17. The van der Waals surface area contributed by atoms with Crippen LogP contribution in [0.2, 0.25) is 0 Å². The van der Waals surface area contributed by atoms with Crippen molar-refractivity contribution in [1.82, 2.24) is 10.2 Å². The Morgan fingerprint density at radius 3 is 2.86 bits per heavy atom. The lowest BCUT2D eigenvalue weighted by Crippen LogP contribution is -2.41. The van der Waals surface area contributed by atoms with Gasteiger partial charge in [-0.2, -0.15) is 11.8 Å². The number of carbonyl (C=O) groups excluding carboxylic acids is 1. The molecular weight excluding hydrogens is 296 g/mol. The van der Waals surface area contributed by atoms with E-state index in [1.165, 1.54) is 0 Å². The van der Waals surface area contributed by atoms with E-state index in [1.807, 2.05) is 43.0 Å². The molecule has 22 heavy (non-hydrogen) atoms. The van der Waals surface area contributed by atoms with Crippen molar-refractivity contribution in [2.45, 2.75) is 38.0 Å². The van der Waals surface area contributed by atoms with Crippen LogP contribution < -0.4 is 5.32 Å². The van der Waals surface area contributed by atoms with E-state index in [1.54, 1.807) is 4.90 Å². The summed E-state index contributed by atoms with van der Waals surface area (Å²) >= 11 is 1.83.